The molecule has 0 unspecified atom stereocenters. The predicted molar refractivity (Wildman–Crippen MR) is 210 cm³/mol. The van der Waals surface area contributed by atoms with Gasteiger partial charge in [0.25, 0.3) is 0 Å². The normalized spacial score (nSPS) is 12.1. The highest BCUT2D eigenvalue weighted by molar-refractivity contribution is 5.71. The molecule has 0 aliphatic rings. The van der Waals surface area contributed by atoms with Crippen molar-refractivity contribution in [2.45, 2.75) is 240 Å². The number of hydrogen-bond donors (Lipinski definition) is 0. The van der Waals surface area contributed by atoms with Crippen LogP contribution in [0.25, 0.3) is 0 Å². The molecule has 0 rings (SSSR count). The first-order valence-electron chi connectivity index (χ1n) is 21.7. The molecule has 0 saturated heterocycles. The number of hydrogen-bond acceptors (Lipinski definition) is 6. The van der Waals surface area contributed by atoms with Gasteiger partial charge in [0.1, 0.15) is 13.2 Å². The first-order chi connectivity index (χ1) is 24.2. The zero-order valence-corrected chi connectivity index (χ0v) is 34.0. The fourth-order valence-electron chi connectivity index (χ4n) is 6.40. The van der Waals surface area contributed by atoms with Gasteiger partial charge >= 0.3 is 17.9 Å². The lowest BCUT2D eigenvalue weighted by atomic mass is 10.0. The fourth-order valence-corrected chi connectivity index (χ4v) is 6.40. The summed E-state index contributed by atoms with van der Waals surface area (Å²) in [4.78, 5) is 37.6. The molecule has 6 heteroatoms. The minimum Gasteiger partial charge on any atom is -0.462 e. The standard InChI is InChI=1S/C44H84O6/c1-6-7-8-9-10-12-21-26-31-36-44(47)50-41(38-49-43(46)35-30-25-20-16-15-18-23-28-33-40(4)5)37-48-42(45)34-29-24-19-14-11-13-17-22-27-32-39(2)3/h39-41H,6-38H2,1-5H3/t41-/m0/s1. The number of ether oxygens (including phenoxy) is 3. The van der Waals surface area contributed by atoms with Crippen molar-refractivity contribution >= 4 is 17.9 Å². The van der Waals surface area contributed by atoms with Crippen LogP contribution in [0, 0.1) is 11.8 Å². The molecule has 0 saturated carbocycles. The van der Waals surface area contributed by atoms with E-state index in [2.05, 4.69) is 34.6 Å². The van der Waals surface area contributed by atoms with Gasteiger partial charge in [0.2, 0.25) is 0 Å². The van der Waals surface area contributed by atoms with Gasteiger partial charge in [-0.2, -0.15) is 0 Å². The van der Waals surface area contributed by atoms with Crippen LogP contribution in [0.5, 0.6) is 0 Å². The zero-order valence-electron chi connectivity index (χ0n) is 34.0. The third-order valence-corrected chi connectivity index (χ3v) is 9.72. The van der Waals surface area contributed by atoms with E-state index >= 15 is 0 Å². The summed E-state index contributed by atoms with van der Waals surface area (Å²) < 4.78 is 16.7. The van der Waals surface area contributed by atoms with Gasteiger partial charge in [-0.15, -0.1) is 0 Å². The molecule has 50 heavy (non-hydrogen) atoms. The molecule has 6 nitrogen and oxygen atoms in total. The molecule has 0 bridgehead atoms. The van der Waals surface area contributed by atoms with E-state index in [-0.39, 0.29) is 31.1 Å². The largest absolute Gasteiger partial charge is 0.462 e. The van der Waals surface area contributed by atoms with Crippen molar-refractivity contribution in [3.8, 4) is 0 Å². The van der Waals surface area contributed by atoms with Crippen molar-refractivity contribution < 1.29 is 28.6 Å². The summed E-state index contributed by atoms with van der Waals surface area (Å²) in [6, 6.07) is 0. The van der Waals surface area contributed by atoms with Crippen LogP contribution in [0.4, 0.5) is 0 Å². The highest BCUT2D eigenvalue weighted by Gasteiger charge is 2.19. The van der Waals surface area contributed by atoms with Crippen molar-refractivity contribution in [2.24, 2.45) is 11.8 Å². The van der Waals surface area contributed by atoms with E-state index in [1.54, 1.807) is 0 Å². The summed E-state index contributed by atoms with van der Waals surface area (Å²) in [7, 11) is 0. The molecule has 0 aromatic carbocycles. The van der Waals surface area contributed by atoms with Crippen molar-refractivity contribution in [3.63, 3.8) is 0 Å². The van der Waals surface area contributed by atoms with Crippen LogP contribution in [0.3, 0.4) is 0 Å². The van der Waals surface area contributed by atoms with E-state index < -0.39 is 6.10 Å². The Morgan fingerprint density at radius 3 is 0.980 bits per heavy atom. The molecule has 0 aliphatic heterocycles. The van der Waals surface area contributed by atoms with Crippen LogP contribution >= 0.6 is 0 Å². The average molecular weight is 709 g/mol. The maximum atomic E-state index is 12.6. The number of carbonyl (C=O) groups excluding carboxylic acids is 3. The zero-order chi connectivity index (χ0) is 36.9. The summed E-state index contributed by atoms with van der Waals surface area (Å²) >= 11 is 0. The van der Waals surface area contributed by atoms with Crippen molar-refractivity contribution in [1.82, 2.24) is 0 Å². The molecule has 0 aliphatic carbocycles. The predicted octanol–water partition coefficient (Wildman–Crippen LogP) is 13.4. The van der Waals surface area contributed by atoms with Crippen LogP contribution in [-0.4, -0.2) is 37.2 Å². The van der Waals surface area contributed by atoms with Gasteiger partial charge < -0.3 is 14.2 Å². The molecule has 0 fully saturated rings. The second kappa shape index (κ2) is 37.2. The Morgan fingerprint density at radius 1 is 0.380 bits per heavy atom. The first-order valence-corrected chi connectivity index (χ1v) is 21.7. The Balaban J connectivity index is 4.33. The number of unbranched alkanes of at least 4 members (excludes halogenated alkanes) is 23. The molecular formula is C44H84O6. The molecule has 0 radical (unpaired) electrons. The molecule has 1 atom stereocenters. The van der Waals surface area contributed by atoms with Gasteiger partial charge in [0, 0.05) is 19.3 Å². The SMILES string of the molecule is CCCCCCCCCCCC(=O)O[C@@H](COC(=O)CCCCCCCCCCCC(C)C)COC(=O)CCCCCCCCCCC(C)C. The Morgan fingerprint density at radius 2 is 0.660 bits per heavy atom. The van der Waals surface area contributed by atoms with Gasteiger partial charge in [-0.05, 0) is 31.1 Å². The quantitative estimate of drug-likeness (QED) is 0.0361. The Hall–Kier alpha value is -1.59. The number of carbonyl (C=O) groups is 3. The maximum Gasteiger partial charge on any atom is 0.306 e. The lowest BCUT2D eigenvalue weighted by molar-refractivity contribution is -0.167. The van der Waals surface area contributed by atoms with Crippen molar-refractivity contribution in [1.29, 1.82) is 0 Å². The van der Waals surface area contributed by atoms with Gasteiger partial charge in [-0.3, -0.25) is 14.4 Å². The third-order valence-electron chi connectivity index (χ3n) is 9.72. The minimum absolute atomic E-state index is 0.0659. The molecular weight excluding hydrogens is 624 g/mol. The van der Waals surface area contributed by atoms with Crippen molar-refractivity contribution in [3.05, 3.63) is 0 Å². The molecule has 0 N–H and O–H groups in total. The maximum absolute atomic E-state index is 12.6. The molecule has 296 valence electrons. The monoisotopic (exact) mass is 709 g/mol. The van der Waals surface area contributed by atoms with Gasteiger partial charge in [0.15, 0.2) is 6.10 Å². The van der Waals surface area contributed by atoms with Gasteiger partial charge in [-0.1, -0.05) is 195 Å². The Labute approximate surface area is 310 Å². The lowest BCUT2D eigenvalue weighted by Crippen LogP contribution is -2.30. The van der Waals surface area contributed by atoms with E-state index in [4.69, 9.17) is 14.2 Å². The van der Waals surface area contributed by atoms with E-state index in [9.17, 15) is 14.4 Å². The first kappa shape index (κ1) is 48.4. The lowest BCUT2D eigenvalue weighted by Gasteiger charge is -2.18. The Bertz CT molecular complexity index is 764. The summed E-state index contributed by atoms with van der Waals surface area (Å²) in [6.07, 6.45) is 33.8. The summed E-state index contributed by atoms with van der Waals surface area (Å²) in [5.74, 6) is 0.740. The van der Waals surface area contributed by atoms with E-state index in [0.29, 0.717) is 19.3 Å². The number of rotatable bonds is 38. The Kier molecular flexibility index (Phi) is 36.0. The van der Waals surface area contributed by atoms with E-state index in [1.807, 2.05) is 0 Å². The fraction of sp³-hybridized carbons (Fsp3) is 0.932. The van der Waals surface area contributed by atoms with Crippen molar-refractivity contribution in [2.75, 3.05) is 13.2 Å². The smallest absolute Gasteiger partial charge is 0.306 e. The van der Waals surface area contributed by atoms with Crippen LogP contribution in [0.2, 0.25) is 0 Å². The molecule has 0 aromatic rings. The summed E-state index contributed by atoms with van der Waals surface area (Å²) in [6.45, 7) is 11.3. The van der Waals surface area contributed by atoms with Gasteiger partial charge in [0.05, 0.1) is 0 Å². The second-order valence-corrected chi connectivity index (χ2v) is 15.9. The van der Waals surface area contributed by atoms with Crippen LogP contribution in [0.1, 0.15) is 234 Å². The second-order valence-electron chi connectivity index (χ2n) is 15.9. The van der Waals surface area contributed by atoms with E-state index in [1.165, 1.54) is 122 Å². The highest BCUT2D eigenvalue weighted by atomic mass is 16.6. The van der Waals surface area contributed by atoms with Crippen LogP contribution in [0.15, 0.2) is 0 Å². The topological polar surface area (TPSA) is 78.9 Å². The molecule has 0 heterocycles. The molecule has 0 amide bonds. The van der Waals surface area contributed by atoms with Crippen LogP contribution < -0.4 is 0 Å². The average Bonchev–Trinajstić information content (AvgIpc) is 3.08. The van der Waals surface area contributed by atoms with Crippen LogP contribution in [-0.2, 0) is 28.6 Å². The summed E-state index contributed by atoms with van der Waals surface area (Å²) in [5, 5.41) is 0. The van der Waals surface area contributed by atoms with E-state index in [0.717, 1.165) is 69.6 Å². The highest BCUT2D eigenvalue weighted by Crippen LogP contribution is 2.16. The minimum atomic E-state index is -0.759. The number of esters is 3. The molecule has 0 spiro atoms. The summed E-state index contributed by atoms with van der Waals surface area (Å²) in [5.41, 5.74) is 0. The third kappa shape index (κ3) is 37.7. The molecule has 0 aromatic heterocycles. The van der Waals surface area contributed by atoms with Gasteiger partial charge in [-0.25, -0.2) is 0 Å².